The van der Waals surface area contributed by atoms with E-state index in [9.17, 15) is 9.59 Å². The van der Waals surface area contributed by atoms with Gasteiger partial charge in [0.25, 0.3) is 11.5 Å². The molecule has 1 saturated carbocycles. The van der Waals surface area contributed by atoms with Crippen molar-refractivity contribution in [1.29, 1.82) is 0 Å². The summed E-state index contributed by atoms with van der Waals surface area (Å²) in [5, 5.41) is 8.92. The molecule has 0 atom stereocenters. The van der Waals surface area contributed by atoms with Gasteiger partial charge in [0, 0.05) is 29.7 Å². The van der Waals surface area contributed by atoms with E-state index in [1.54, 1.807) is 0 Å². The fourth-order valence-electron chi connectivity index (χ4n) is 3.65. The van der Waals surface area contributed by atoms with Crippen LogP contribution in [0.15, 0.2) is 16.2 Å². The summed E-state index contributed by atoms with van der Waals surface area (Å²) in [6.07, 6.45) is 8.74. The number of aromatic amines is 1. The Kier molecular flexibility index (Phi) is 18.0. The van der Waals surface area contributed by atoms with E-state index in [-0.39, 0.29) is 18.0 Å². The van der Waals surface area contributed by atoms with Crippen molar-refractivity contribution < 1.29 is 4.79 Å². The molecular formula is C30H53N3O2S. The lowest BCUT2D eigenvalue weighted by Crippen LogP contribution is -2.28. The van der Waals surface area contributed by atoms with E-state index in [1.807, 2.05) is 53.0 Å². The van der Waals surface area contributed by atoms with Gasteiger partial charge in [-0.1, -0.05) is 80.1 Å². The zero-order chi connectivity index (χ0) is 27.7. The molecule has 1 amide bonds. The van der Waals surface area contributed by atoms with Crippen molar-refractivity contribution in [3.8, 4) is 0 Å². The first kappa shape index (κ1) is 33.9. The van der Waals surface area contributed by atoms with E-state index in [4.69, 9.17) is 0 Å². The standard InChI is InChI=1S/C16H21N3O2S.C7H14.C5H12.C2H6/c1-5-17-16-11(4)13(8-22-16)14(20)18-7-12-9(2)6-10(3)19-15(12)21;1-7-5-3-2-4-6-7;1-4-5(2)3;1-2/h6,8,17H,5,7H2,1-4H3,(H,18,20)(H,19,21);7H,2-6H2,1H3;5H,4H2,1-3H3;1-2H3. The predicted molar refractivity (Wildman–Crippen MR) is 160 cm³/mol. The Morgan fingerprint density at radius 2 is 1.69 bits per heavy atom. The molecule has 0 bridgehead atoms. The van der Waals surface area contributed by atoms with Crippen LogP contribution in [0.4, 0.5) is 5.00 Å². The van der Waals surface area contributed by atoms with Crippen LogP contribution in [-0.2, 0) is 6.54 Å². The molecule has 0 unspecified atom stereocenters. The SMILES string of the molecule is CC.CC1CCCCC1.CCC(C)C.CCNc1scc(C(=O)NCc2c(C)cc(C)[nH]c2=O)c1C. The number of aryl methyl sites for hydroxylation is 2. The number of anilines is 1. The Hall–Kier alpha value is -2.08. The number of amides is 1. The van der Waals surface area contributed by atoms with Crippen molar-refractivity contribution >= 4 is 22.2 Å². The number of hydrogen-bond acceptors (Lipinski definition) is 4. The second-order valence-corrected chi connectivity index (χ2v) is 10.7. The van der Waals surface area contributed by atoms with Gasteiger partial charge in [0.2, 0.25) is 0 Å². The van der Waals surface area contributed by atoms with E-state index in [2.05, 4.69) is 43.3 Å². The number of rotatable bonds is 6. The number of nitrogens with one attached hydrogen (secondary N) is 3. The molecule has 0 saturated heterocycles. The Labute approximate surface area is 224 Å². The summed E-state index contributed by atoms with van der Waals surface area (Å²) in [6.45, 7) is 21.7. The van der Waals surface area contributed by atoms with Gasteiger partial charge in [-0.05, 0) is 56.7 Å². The third-order valence-electron chi connectivity index (χ3n) is 6.25. The summed E-state index contributed by atoms with van der Waals surface area (Å²) in [7, 11) is 0. The molecule has 3 rings (SSSR count). The summed E-state index contributed by atoms with van der Waals surface area (Å²) >= 11 is 1.52. The average molecular weight is 520 g/mol. The number of aromatic nitrogens is 1. The maximum Gasteiger partial charge on any atom is 0.253 e. The molecule has 206 valence electrons. The van der Waals surface area contributed by atoms with E-state index in [1.165, 1.54) is 49.9 Å². The van der Waals surface area contributed by atoms with Gasteiger partial charge in [-0.3, -0.25) is 9.59 Å². The lowest BCUT2D eigenvalue weighted by atomic mass is 9.91. The zero-order valence-electron chi connectivity index (χ0n) is 24.7. The smallest absolute Gasteiger partial charge is 0.253 e. The average Bonchev–Trinajstić information content (AvgIpc) is 3.21. The largest absolute Gasteiger partial charge is 0.377 e. The van der Waals surface area contributed by atoms with Gasteiger partial charge in [-0.25, -0.2) is 0 Å². The van der Waals surface area contributed by atoms with Gasteiger partial charge >= 0.3 is 0 Å². The molecule has 1 fully saturated rings. The number of H-pyrrole nitrogens is 1. The third kappa shape index (κ3) is 12.8. The van der Waals surface area contributed by atoms with Crippen LogP contribution in [0, 0.1) is 32.6 Å². The van der Waals surface area contributed by atoms with Crippen LogP contribution in [0.5, 0.6) is 0 Å². The fourth-order valence-corrected chi connectivity index (χ4v) is 4.68. The van der Waals surface area contributed by atoms with E-state index in [0.29, 0.717) is 11.1 Å². The van der Waals surface area contributed by atoms with Gasteiger partial charge in [0.05, 0.1) is 10.6 Å². The van der Waals surface area contributed by atoms with Crippen LogP contribution in [0.2, 0.25) is 0 Å². The highest BCUT2D eigenvalue weighted by atomic mass is 32.1. The molecule has 1 aliphatic rings. The van der Waals surface area contributed by atoms with Crippen molar-refractivity contribution in [3.05, 3.63) is 49.7 Å². The van der Waals surface area contributed by atoms with Crippen molar-refractivity contribution in [2.24, 2.45) is 11.8 Å². The second-order valence-electron chi connectivity index (χ2n) is 9.80. The maximum absolute atomic E-state index is 12.3. The summed E-state index contributed by atoms with van der Waals surface area (Å²) < 4.78 is 0. The minimum Gasteiger partial charge on any atom is -0.377 e. The molecular weight excluding hydrogens is 466 g/mol. The van der Waals surface area contributed by atoms with E-state index >= 15 is 0 Å². The predicted octanol–water partition coefficient (Wildman–Crippen LogP) is 8.39. The fraction of sp³-hybridized carbons (Fsp3) is 0.667. The first-order chi connectivity index (χ1) is 17.1. The quantitative estimate of drug-likeness (QED) is 0.359. The van der Waals surface area contributed by atoms with Gasteiger partial charge < -0.3 is 15.6 Å². The lowest BCUT2D eigenvalue weighted by Gasteiger charge is -2.15. The van der Waals surface area contributed by atoms with Gasteiger partial charge in [0.1, 0.15) is 0 Å². The summed E-state index contributed by atoms with van der Waals surface area (Å²) in [4.78, 5) is 27.0. The molecule has 2 heterocycles. The maximum atomic E-state index is 12.3. The van der Waals surface area contributed by atoms with Crippen LogP contribution >= 0.6 is 11.3 Å². The van der Waals surface area contributed by atoms with Gasteiger partial charge in [-0.2, -0.15) is 0 Å². The highest BCUT2D eigenvalue weighted by molar-refractivity contribution is 7.14. The monoisotopic (exact) mass is 519 g/mol. The molecule has 36 heavy (non-hydrogen) atoms. The molecule has 2 aromatic rings. The lowest BCUT2D eigenvalue weighted by molar-refractivity contribution is 0.0950. The van der Waals surface area contributed by atoms with Crippen molar-refractivity contribution in [2.75, 3.05) is 11.9 Å². The van der Waals surface area contributed by atoms with Crippen molar-refractivity contribution in [2.45, 2.75) is 114 Å². The third-order valence-corrected chi connectivity index (χ3v) is 7.29. The minimum atomic E-state index is -0.155. The van der Waals surface area contributed by atoms with Crippen LogP contribution < -0.4 is 16.2 Å². The van der Waals surface area contributed by atoms with Crippen LogP contribution in [0.1, 0.15) is 120 Å². The van der Waals surface area contributed by atoms with Crippen molar-refractivity contribution in [3.63, 3.8) is 0 Å². The van der Waals surface area contributed by atoms with E-state index in [0.717, 1.165) is 40.2 Å². The molecule has 6 heteroatoms. The number of pyridine rings is 1. The minimum absolute atomic E-state index is 0.145. The van der Waals surface area contributed by atoms with Crippen molar-refractivity contribution in [1.82, 2.24) is 10.3 Å². The Bertz CT molecular complexity index is 925. The number of carbonyl (C=O) groups excluding carboxylic acids is 1. The van der Waals surface area contributed by atoms with E-state index < -0.39 is 0 Å². The van der Waals surface area contributed by atoms with Gasteiger partial charge in [-0.15, -0.1) is 11.3 Å². The second kappa shape index (κ2) is 19.1. The molecule has 2 aromatic heterocycles. The van der Waals surface area contributed by atoms with Crippen LogP contribution in [-0.4, -0.2) is 17.4 Å². The van der Waals surface area contributed by atoms with Crippen LogP contribution in [0.3, 0.4) is 0 Å². The first-order valence-corrected chi connectivity index (χ1v) is 14.8. The normalized spacial score (nSPS) is 12.9. The molecule has 3 N–H and O–H groups in total. The van der Waals surface area contributed by atoms with Crippen LogP contribution in [0.25, 0.3) is 0 Å². The molecule has 0 aliphatic heterocycles. The van der Waals surface area contributed by atoms with Gasteiger partial charge in [0.15, 0.2) is 0 Å². The number of hydrogen-bond donors (Lipinski definition) is 3. The summed E-state index contributed by atoms with van der Waals surface area (Å²) in [5.74, 6) is 1.76. The molecule has 0 radical (unpaired) electrons. The number of thiophene rings is 1. The molecule has 5 nitrogen and oxygen atoms in total. The highest BCUT2D eigenvalue weighted by Gasteiger charge is 2.15. The molecule has 1 aliphatic carbocycles. The Morgan fingerprint density at radius 3 is 2.14 bits per heavy atom. The zero-order valence-corrected chi connectivity index (χ0v) is 25.5. The Morgan fingerprint density at radius 1 is 1.11 bits per heavy atom. The Balaban J connectivity index is 0.000000715. The number of carbonyl (C=O) groups is 1. The summed E-state index contributed by atoms with van der Waals surface area (Å²) in [5.41, 5.74) is 3.76. The molecule has 0 aromatic carbocycles. The molecule has 0 spiro atoms. The first-order valence-electron chi connectivity index (χ1n) is 13.9. The topological polar surface area (TPSA) is 74.0 Å². The summed E-state index contributed by atoms with van der Waals surface area (Å²) in [6, 6.07) is 1.90. The highest BCUT2D eigenvalue weighted by Crippen LogP contribution is 2.27.